The summed E-state index contributed by atoms with van der Waals surface area (Å²) in [5.74, 6) is 0.535. The molecule has 0 spiro atoms. The Morgan fingerprint density at radius 3 is 2.69 bits per heavy atom. The molecule has 0 unspecified atom stereocenters. The molecule has 1 N–H and O–H groups in total. The van der Waals surface area contributed by atoms with Crippen molar-refractivity contribution in [2.45, 2.75) is 30.9 Å². The Morgan fingerprint density at radius 2 is 2.08 bits per heavy atom. The molecule has 0 aromatic carbocycles. The first-order valence-electron chi connectivity index (χ1n) is 7.93. The van der Waals surface area contributed by atoms with Crippen molar-refractivity contribution in [3.05, 3.63) is 22.1 Å². The molecule has 0 amide bonds. The molecule has 0 fully saturated rings. The van der Waals surface area contributed by atoms with E-state index in [-0.39, 0.29) is 15.6 Å². The van der Waals surface area contributed by atoms with Crippen molar-refractivity contribution in [1.82, 2.24) is 19.7 Å². The first-order valence-corrected chi connectivity index (χ1v) is 11.1. The van der Waals surface area contributed by atoms with Gasteiger partial charge in [-0.15, -0.1) is 11.3 Å². The standard InChI is InChI=1S/C15H17ClN4O4S2/c1-4-6-8-11-12(19-20(8)3)15(21)18-14(17-11)13-9(24-5-2)7-10(25-13)26(16,22)23/h7H,4-6H2,1-3H3,(H,17,18,21). The van der Waals surface area contributed by atoms with Crippen molar-refractivity contribution >= 4 is 42.1 Å². The molecule has 3 aromatic heterocycles. The molecule has 0 aliphatic heterocycles. The molecule has 140 valence electrons. The Bertz CT molecular complexity index is 1130. The van der Waals surface area contributed by atoms with Gasteiger partial charge in [0.2, 0.25) is 0 Å². The molecule has 3 heterocycles. The van der Waals surface area contributed by atoms with E-state index in [0.717, 1.165) is 23.5 Å². The Balaban J connectivity index is 2.27. The first kappa shape index (κ1) is 18.9. The molecule has 0 aliphatic carbocycles. The van der Waals surface area contributed by atoms with Gasteiger partial charge in [-0.05, 0) is 13.3 Å². The quantitative estimate of drug-likeness (QED) is 0.619. The first-order chi connectivity index (χ1) is 12.3. The van der Waals surface area contributed by atoms with E-state index in [0.29, 0.717) is 29.2 Å². The van der Waals surface area contributed by atoms with Crippen LogP contribution in [-0.2, 0) is 22.5 Å². The number of fused-ring (bicyclic) bond motifs is 1. The van der Waals surface area contributed by atoms with Crippen LogP contribution in [0.25, 0.3) is 21.7 Å². The highest BCUT2D eigenvalue weighted by Gasteiger charge is 2.23. The molecular formula is C15H17ClN4O4S2. The van der Waals surface area contributed by atoms with Crippen molar-refractivity contribution in [2.75, 3.05) is 6.61 Å². The fourth-order valence-electron chi connectivity index (χ4n) is 2.65. The summed E-state index contributed by atoms with van der Waals surface area (Å²) in [6.07, 6.45) is 1.59. The van der Waals surface area contributed by atoms with Gasteiger partial charge >= 0.3 is 0 Å². The van der Waals surface area contributed by atoms with Gasteiger partial charge in [0, 0.05) is 23.8 Å². The summed E-state index contributed by atoms with van der Waals surface area (Å²) in [6.45, 7) is 4.12. The van der Waals surface area contributed by atoms with Gasteiger partial charge in [-0.25, -0.2) is 13.4 Å². The Morgan fingerprint density at radius 1 is 1.35 bits per heavy atom. The van der Waals surface area contributed by atoms with Gasteiger partial charge < -0.3 is 9.72 Å². The van der Waals surface area contributed by atoms with Gasteiger partial charge in [0.25, 0.3) is 14.6 Å². The van der Waals surface area contributed by atoms with Crippen LogP contribution in [-0.4, -0.2) is 34.8 Å². The van der Waals surface area contributed by atoms with Crippen LogP contribution in [0.2, 0.25) is 0 Å². The largest absolute Gasteiger partial charge is 0.492 e. The molecule has 0 saturated heterocycles. The van der Waals surface area contributed by atoms with Crippen LogP contribution in [0, 0.1) is 0 Å². The fourth-order valence-corrected chi connectivity index (χ4v) is 4.74. The lowest BCUT2D eigenvalue weighted by molar-refractivity contribution is 0.342. The average molecular weight is 417 g/mol. The highest BCUT2D eigenvalue weighted by molar-refractivity contribution is 8.15. The summed E-state index contributed by atoms with van der Waals surface area (Å²) in [5, 5.41) is 4.23. The third kappa shape index (κ3) is 3.36. The van der Waals surface area contributed by atoms with Crippen LogP contribution in [0.3, 0.4) is 0 Å². The van der Waals surface area contributed by atoms with Crippen molar-refractivity contribution in [3.63, 3.8) is 0 Å². The summed E-state index contributed by atoms with van der Waals surface area (Å²) >= 11 is 0.898. The molecule has 0 radical (unpaired) electrons. The topological polar surface area (TPSA) is 107 Å². The number of hydrogen-bond acceptors (Lipinski definition) is 7. The van der Waals surface area contributed by atoms with Crippen LogP contribution < -0.4 is 10.3 Å². The van der Waals surface area contributed by atoms with E-state index in [1.165, 1.54) is 6.07 Å². The molecule has 3 aromatic rings. The minimum absolute atomic E-state index is 0.0691. The van der Waals surface area contributed by atoms with Gasteiger partial charge in [-0.2, -0.15) is 5.10 Å². The summed E-state index contributed by atoms with van der Waals surface area (Å²) < 4.78 is 30.4. The number of aryl methyl sites for hydroxylation is 2. The Kier molecular flexibility index (Phi) is 5.09. The van der Waals surface area contributed by atoms with E-state index in [2.05, 4.69) is 15.1 Å². The van der Waals surface area contributed by atoms with Crippen LogP contribution >= 0.6 is 22.0 Å². The number of nitrogens with zero attached hydrogens (tertiary/aromatic N) is 3. The third-order valence-corrected chi connectivity index (χ3v) is 6.92. The van der Waals surface area contributed by atoms with E-state index in [1.54, 1.807) is 18.7 Å². The number of thiophene rings is 1. The lowest BCUT2D eigenvalue weighted by Gasteiger charge is -2.04. The minimum atomic E-state index is -3.92. The van der Waals surface area contributed by atoms with E-state index >= 15 is 0 Å². The molecule has 3 rings (SSSR count). The summed E-state index contributed by atoms with van der Waals surface area (Å²) in [6, 6.07) is 1.34. The highest BCUT2D eigenvalue weighted by atomic mass is 35.7. The van der Waals surface area contributed by atoms with Gasteiger partial charge in [0.1, 0.15) is 20.4 Å². The third-order valence-electron chi connectivity index (χ3n) is 3.73. The number of aromatic amines is 1. The zero-order valence-electron chi connectivity index (χ0n) is 14.4. The zero-order valence-corrected chi connectivity index (χ0v) is 16.8. The second-order valence-electron chi connectivity index (χ2n) is 5.56. The predicted octanol–water partition coefficient (Wildman–Crippen LogP) is 2.66. The van der Waals surface area contributed by atoms with Gasteiger partial charge in [-0.3, -0.25) is 9.48 Å². The molecule has 8 nitrogen and oxygen atoms in total. The van der Waals surface area contributed by atoms with Crippen LogP contribution in [0.15, 0.2) is 15.1 Å². The average Bonchev–Trinajstić information content (AvgIpc) is 3.11. The lowest BCUT2D eigenvalue weighted by atomic mass is 10.2. The van der Waals surface area contributed by atoms with Gasteiger partial charge in [0.15, 0.2) is 11.3 Å². The fraction of sp³-hybridized carbons (Fsp3) is 0.400. The molecule has 0 saturated carbocycles. The predicted molar refractivity (Wildman–Crippen MR) is 101 cm³/mol. The zero-order chi connectivity index (χ0) is 19.1. The van der Waals surface area contributed by atoms with Crippen molar-refractivity contribution < 1.29 is 13.2 Å². The van der Waals surface area contributed by atoms with E-state index in [4.69, 9.17) is 15.4 Å². The van der Waals surface area contributed by atoms with E-state index in [1.807, 2.05) is 6.92 Å². The van der Waals surface area contributed by atoms with E-state index < -0.39 is 14.6 Å². The van der Waals surface area contributed by atoms with Gasteiger partial charge in [0.05, 0.1) is 12.3 Å². The maximum atomic E-state index is 12.5. The number of hydrogen-bond donors (Lipinski definition) is 1. The van der Waals surface area contributed by atoms with Gasteiger partial charge in [-0.1, -0.05) is 13.3 Å². The number of aromatic nitrogens is 4. The Hall–Kier alpha value is -1.91. The number of H-pyrrole nitrogens is 1. The van der Waals surface area contributed by atoms with Crippen LogP contribution in [0.5, 0.6) is 5.75 Å². The second kappa shape index (κ2) is 7.01. The molecular weight excluding hydrogens is 400 g/mol. The molecule has 0 atom stereocenters. The van der Waals surface area contributed by atoms with Crippen LogP contribution in [0.4, 0.5) is 0 Å². The molecule has 0 aliphatic rings. The molecule has 26 heavy (non-hydrogen) atoms. The number of halogens is 1. The molecule has 11 heteroatoms. The maximum absolute atomic E-state index is 12.5. The second-order valence-corrected chi connectivity index (χ2v) is 9.41. The SMILES string of the molecule is CCCc1c2nc(-c3sc(S(=O)(=O)Cl)cc3OCC)[nH]c(=O)c2nn1C. The normalized spacial score (nSPS) is 12.0. The maximum Gasteiger partial charge on any atom is 0.279 e. The van der Waals surface area contributed by atoms with Crippen molar-refractivity contribution in [1.29, 1.82) is 0 Å². The number of rotatable bonds is 6. The summed E-state index contributed by atoms with van der Waals surface area (Å²) in [5.41, 5.74) is 1.20. The summed E-state index contributed by atoms with van der Waals surface area (Å²) in [7, 11) is 3.29. The summed E-state index contributed by atoms with van der Waals surface area (Å²) in [4.78, 5) is 20.1. The van der Waals surface area contributed by atoms with Crippen molar-refractivity contribution in [3.8, 4) is 16.5 Å². The monoisotopic (exact) mass is 416 g/mol. The lowest BCUT2D eigenvalue weighted by Crippen LogP contribution is -2.09. The smallest absolute Gasteiger partial charge is 0.279 e. The number of ether oxygens (including phenoxy) is 1. The van der Waals surface area contributed by atoms with Crippen LogP contribution in [0.1, 0.15) is 26.0 Å². The van der Waals surface area contributed by atoms with E-state index in [9.17, 15) is 13.2 Å². The molecule has 0 bridgehead atoms. The Labute approximate surface area is 158 Å². The minimum Gasteiger partial charge on any atom is -0.492 e. The number of nitrogens with one attached hydrogen (secondary N) is 1. The highest BCUT2D eigenvalue weighted by Crippen LogP contribution is 2.40. The van der Waals surface area contributed by atoms with Crippen molar-refractivity contribution in [2.24, 2.45) is 7.05 Å².